The number of hydrogen-bond acceptors (Lipinski definition) is 2. The van der Waals surface area contributed by atoms with Crippen LogP contribution in [0.2, 0.25) is 0 Å². The highest BCUT2D eigenvalue weighted by Crippen LogP contribution is 2.54. The van der Waals surface area contributed by atoms with Gasteiger partial charge in [-0.1, -0.05) is 15.9 Å². The van der Waals surface area contributed by atoms with Crippen molar-refractivity contribution in [2.75, 3.05) is 0 Å². The molecule has 0 heterocycles. The van der Waals surface area contributed by atoms with Gasteiger partial charge in [0.2, 0.25) is 0 Å². The van der Waals surface area contributed by atoms with E-state index in [0.717, 1.165) is 0 Å². The standard InChI is InChI=1S/C10H3BrF10O2S/c11-5-1-4(7(12,8(13,14)15)9(16,17)18)2-6(3-5)24(22,23)10(19,20)21/h1-3H. The summed E-state index contributed by atoms with van der Waals surface area (Å²) in [6, 6.07) is -0.676. The van der Waals surface area contributed by atoms with Gasteiger partial charge in [-0.15, -0.1) is 0 Å². The summed E-state index contributed by atoms with van der Waals surface area (Å²) in [5.74, 6) is 0. The van der Waals surface area contributed by atoms with Crippen LogP contribution >= 0.6 is 15.9 Å². The molecule has 0 amide bonds. The van der Waals surface area contributed by atoms with Gasteiger partial charge in [0.1, 0.15) is 0 Å². The van der Waals surface area contributed by atoms with Gasteiger partial charge in [0.05, 0.1) is 4.90 Å². The molecule has 1 rings (SSSR count). The van der Waals surface area contributed by atoms with E-state index < -0.39 is 54.4 Å². The van der Waals surface area contributed by atoms with Crippen LogP contribution in [0.3, 0.4) is 0 Å². The maximum Gasteiger partial charge on any atom is 0.501 e. The fourth-order valence-electron chi connectivity index (χ4n) is 1.54. The second kappa shape index (κ2) is 5.75. The van der Waals surface area contributed by atoms with Gasteiger partial charge in [0, 0.05) is 10.0 Å². The average molecular weight is 457 g/mol. The van der Waals surface area contributed by atoms with E-state index in [1.54, 1.807) is 0 Å². The van der Waals surface area contributed by atoms with Crippen molar-refractivity contribution in [3.05, 3.63) is 28.2 Å². The van der Waals surface area contributed by atoms with Gasteiger partial charge in [0.25, 0.3) is 9.84 Å². The first kappa shape index (κ1) is 21.0. The number of alkyl halides is 10. The molecule has 1 aromatic carbocycles. The fraction of sp³-hybridized carbons (Fsp3) is 0.400. The molecule has 24 heavy (non-hydrogen) atoms. The molecule has 0 spiro atoms. The molecule has 0 aliphatic heterocycles. The molecule has 138 valence electrons. The van der Waals surface area contributed by atoms with Crippen molar-refractivity contribution < 1.29 is 52.3 Å². The Hall–Kier alpha value is -1.05. The van der Waals surface area contributed by atoms with Crippen LogP contribution in [0.4, 0.5) is 43.9 Å². The summed E-state index contributed by atoms with van der Waals surface area (Å²) >= 11 is 2.27. The zero-order chi connectivity index (χ0) is 19.4. The van der Waals surface area contributed by atoms with Crippen LogP contribution < -0.4 is 0 Å². The second-order valence-electron chi connectivity index (χ2n) is 4.28. The van der Waals surface area contributed by atoms with Gasteiger partial charge in [0.15, 0.2) is 0 Å². The first-order valence-corrected chi connectivity index (χ1v) is 7.58. The summed E-state index contributed by atoms with van der Waals surface area (Å²) in [5.41, 5.74) is -14.4. The van der Waals surface area contributed by atoms with E-state index >= 15 is 0 Å². The van der Waals surface area contributed by atoms with Crippen molar-refractivity contribution in [3.63, 3.8) is 0 Å². The van der Waals surface area contributed by atoms with Crippen molar-refractivity contribution in [2.45, 2.75) is 28.4 Å². The minimum Gasteiger partial charge on any atom is -0.218 e. The number of sulfone groups is 1. The molecule has 0 aromatic heterocycles. The molecular weight excluding hydrogens is 454 g/mol. The van der Waals surface area contributed by atoms with Gasteiger partial charge >= 0.3 is 23.5 Å². The predicted molar refractivity (Wildman–Crippen MR) is 62.3 cm³/mol. The van der Waals surface area contributed by atoms with Crippen molar-refractivity contribution in [2.24, 2.45) is 0 Å². The lowest BCUT2D eigenvalue weighted by atomic mass is 9.94. The van der Waals surface area contributed by atoms with Crippen molar-refractivity contribution >= 4 is 25.8 Å². The third kappa shape index (κ3) is 3.34. The van der Waals surface area contributed by atoms with Crippen LogP contribution in [-0.4, -0.2) is 26.3 Å². The first-order valence-electron chi connectivity index (χ1n) is 5.30. The van der Waals surface area contributed by atoms with Crippen LogP contribution in [0.1, 0.15) is 5.56 Å². The van der Waals surface area contributed by atoms with Crippen molar-refractivity contribution in [1.82, 2.24) is 0 Å². The number of rotatable bonds is 2. The van der Waals surface area contributed by atoms with E-state index in [9.17, 15) is 52.3 Å². The van der Waals surface area contributed by atoms with Gasteiger partial charge < -0.3 is 0 Å². The molecule has 14 heteroatoms. The first-order chi connectivity index (χ1) is 10.4. The zero-order valence-electron chi connectivity index (χ0n) is 10.6. The second-order valence-corrected chi connectivity index (χ2v) is 7.14. The monoisotopic (exact) mass is 456 g/mol. The normalized spacial score (nSPS) is 14.8. The molecule has 1 aromatic rings. The average Bonchev–Trinajstić information content (AvgIpc) is 2.32. The van der Waals surface area contributed by atoms with Crippen molar-refractivity contribution in [3.8, 4) is 0 Å². The Bertz CT molecular complexity index is 717. The summed E-state index contributed by atoms with van der Waals surface area (Å²) < 4.78 is 148. The minimum absolute atomic E-state index is 0.0967. The quantitative estimate of drug-likeness (QED) is 0.584. The van der Waals surface area contributed by atoms with E-state index in [0.29, 0.717) is 0 Å². The van der Waals surface area contributed by atoms with Crippen LogP contribution in [0.15, 0.2) is 27.6 Å². The zero-order valence-corrected chi connectivity index (χ0v) is 13.0. The molecule has 0 atom stereocenters. The smallest absolute Gasteiger partial charge is 0.218 e. The SMILES string of the molecule is O=S(=O)(c1cc(Br)cc(C(F)(C(F)(F)F)C(F)(F)F)c1)C(F)(F)F. The van der Waals surface area contributed by atoms with Gasteiger partial charge in [-0.2, -0.15) is 39.5 Å². The number of benzene rings is 1. The van der Waals surface area contributed by atoms with Crippen LogP contribution in [0.25, 0.3) is 0 Å². The maximum atomic E-state index is 13.8. The van der Waals surface area contributed by atoms with Gasteiger partial charge in [-0.3, -0.25) is 0 Å². The fourth-order valence-corrected chi connectivity index (χ4v) is 3.01. The molecule has 0 N–H and O–H groups in total. The van der Waals surface area contributed by atoms with E-state index in [-0.39, 0.29) is 12.1 Å². The van der Waals surface area contributed by atoms with Crippen molar-refractivity contribution in [1.29, 1.82) is 0 Å². The highest BCUT2D eigenvalue weighted by atomic mass is 79.9. The molecule has 0 fully saturated rings. The Balaban J connectivity index is 3.81. The third-order valence-electron chi connectivity index (χ3n) is 2.67. The largest absolute Gasteiger partial charge is 0.501 e. The van der Waals surface area contributed by atoms with E-state index in [2.05, 4.69) is 15.9 Å². The summed E-state index contributed by atoms with van der Waals surface area (Å²) in [6.45, 7) is 0. The third-order valence-corrected chi connectivity index (χ3v) is 4.59. The Morgan fingerprint density at radius 2 is 1.17 bits per heavy atom. The molecule has 0 saturated heterocycles. The van der Waals surface area contributed by atoms with E-state index in [1.807, 2.05) is 0 Å². The lowest BCUT2D eigenvalue weighted by molar-refractivity contribution is -0.348. The molecule has 0 aliphatic rings. The number of halogens is 11. The topological polar surface area (TPSA) is 34.1 Å². The summed E-state index contributed by atoms with van der Waals surface area (Å²) in [6.07, 6.45) is -13.2. The molecule has 0 unspecified atom stereocenters. The van der Waals surface area contributed by atoms with Crippen LogP contribution in [0.5, 0.6) is 0 Å². The van der Waals surface area contributed by atoms with Gasteiger partial charge in [-0.25, -0.2) is 12.8 Å². The highest BCUT2D eigenvalue weighted by Gasteiger charge is 2.73. The molecule has 0 saturated carbocycles. The minimum atomic E-state index is -6.61. The summed E-state index contributed by atoms with van der Waals surface area (Å²) in [5, 5.41) is 0. The Morgan fingerprint density at radius 1 is 0.750 bits per heavy atom. The van der Waals surface area contributed by atoms with E-state index in [1.165, 1.54) is 0 Å². The van der Waals surface area contributed by atoms with E-state index in [4.69, 9.17) is 0 Å². The summed E-state index contributed by atoms with van der Waals surface area (Å²) in [7, 11) is -6.30. The number of hydrogen-bond donors (Lipinski definition) is 0. The lowest BCUT2D eigenvalue weighted by Gasteiger charge is -2.30. The molecule has 2 nitrogen and oxygen atoms in total. The Morgan fingerprint density at radius 3 is 1.50 bits per heavy atom. The maximum absolute atomic E-state index is 13.8. The molecule has 0 bridgehead atoms. The van der Waals surface area contributed by atoms with Crippen LogP contribution in [-0.2, 0) is 15.5 Å². The molecule has 0 radical (unpaired) electrons. The predicted octanol–water partition coefficient (Wildman–Crippen LogP) is 5.03. The molecular formula is C10H3BrF10O2S. The highest BCUT2D eigenvalue weighted by molar-refractivity contribution is 9.10. The van der Waals surface area contributed by atoms with Crippen LogP contribution in [0, 0.1) is 0 Å². The summed E-state index contributed by atoms with van der Waals surface area (Å²) in [4.78, 5) is -1.98. The lowest BCUT2D eigenvalue weighted by Crippen LogP contribution is -2.50. The van der Waals surface area contributed by atoms with Gasteiger partial charge in [-0.05, 0) is 18.2 Å². The Kier molecular flexibility index (Phi) is 5.03. The Labute approximate surface area is 135 Å². The molecule has 0 aliphatic carbocycles.